The Morgan fingerprint density at radius 1 is 1.21 bits per heavy atom. The third-order valence-electron chi connectivity index (χ3n) is 2.83. The Kier molecular flexibility index (Phi) is 4.13. The molecule has 0 aliphatic carbocycles. The first-order valence-corrected chi connectivity index (χ1v) is 6.19. The quantitative estimate of drug-likeness (QED) is 0.884. The first kappa shape index (κ1) is 13.1. The predicted molar refractivity (Wildman–Crippen MR) is 76.0 cm³/mol. The second-order valence-electron chi connectivity index (χ2n) is 4.47. The van der Waals surface area contributed by atoms with Gasteiger partial charge in [0.25, 0.3) is 0 Å². The lowest BCUT2D eigenvalue weighted by Gasteiger charge is -2.15. The molecule has 4 nitrogen and oxygen atoms in total. The lowest BCUT2D eigenvalue weighted by Crippen LogP contribution is -2.31. The van der Waals surface area contributed by atoms with E-state index in [0.29, 0.717) is 0 Å². The third-order valence-corrected chi connectivity index (χ3v) is 2.83. The summed E-state index contributed by atoms with van der Waals surface area (Å²) in [7, 11) is 0. The van der Waals surface area contributed by atoms with E-state index < -0.39 is 0 Å². The zero-order chi connectivity index (χ0) is 13.7. The van der Waals surface area contributed by atoms with E-state index in [1.165, 1.54) is 0 Å². The van der Waals surface area contributed by atoms with Crippen molar-refractivity contribution in [2.75, 3.05) is 5.32 Å². The molecule has 0 saturated carbocycles. The van der Waals surface area contributed by atoms with Crippen LogP contribution in [0, 0.1) is 6.92 Å². The number of amides is 2. The van der Waals surface area contributed by atoms with Gasteiger partial charge in [-0.05, 0) is 49.2 Å². The molecule has 0 bridgehead atoms. The fraction of sp³-hybridized carbons (Fsp3) is 0.200. The van der Waals surface area contributed by atoms with Crippen LogP contribution in [0.15, 0.2) is 48.8 Å². The van der Waals surface area contributed by atoms with Crippen LogP contribution in [-0.2, 0) is 0 Å². The molecule has 0 saturated heterocycles. The van der Waals surface area contributed by atoms with Crippen molar-refractivity contribution in [3.8, 4) is 0 Å². The van der Waals surface area contributed by atoms with Crippen LogP contribution in [0.1, 0.15) is 24.1 Å². The van der Waals surface area contributed by atoms with Crippen molar-refractivity contribution in [1.29, 1.82) is 0 Å². The molecule has 1 atom stereocenters. The number of nitrogens with zero attached hydrogens (tertiary/aromatic N) is 1. The molecule has 0 aliphatic heterocycles. The van der Waals surface area contributed by atoms with E-state index in [1.54, 1.807) is 12.4 Å². The van der Waals surface area contributed by atoms with Crippen LogP contribution in [-0.4, -0.2) is 11.0 Å². The Hall–Kier alpha value is -2.36. The van der Waals surface area contributed by atoms with Crippen molar-refractivity contribution in [2.24, 2.45) is 0 Å². The number of hydrogen-bond donors (Lipinski definition) is 2. The number of hydrogen-bond acceptors (Lipinski definition) is 2. The number of aryl methyl sites for hydroxylation is 1. The second kappa shape index (κ2) is 6.00. The van der Waals surface area contributed by atoms with E-state index in [4.69, 9.17) is 0 Å². The Balaban J connectivity index is 1.95. The topological polar surface area (TPSA) is 54.0 Å². The van der Waals surface area contributed by atoms with E-state index in [0.717, 1.165) is 16.8 Å². The molecule has 19 heavy (non-hydrogen) atoms. The van der Waals surface area contributed by atoms with Gasteiger partial charge in [-0.15, -0.1) is 0 Å². The van der Waals surface area contributed by atoms with E-state index in [2.05, 4.69) is 15.6 Å². The highest BCUT2D eigenvalue weighted by atomic mass is 16.2. The molecule has 2 amide bonds. The van der Waals surface area contributed by atoms with Gasteiger partial charge in [-0.1, -0.05) is 12.1 Å². The van der Waals surface area contributed by atoms with Gasteiger partial charge in [-0.25, -0.2) is 4.79 Å². The number of carbonyl (C=O) groups is 1. The summed E-state index contributed by atoms with van der Waals surface area (Å²) >= 11 is 0. The first-order valence-electron chi connectivity index (χ1n) is 6.19. The molecule has 2 aromatic rings. The van der Waals surface area contributed by atoms with Crippen LogP contribution in [0.5, 0.6) is 0 Å². The summed E-state index contributed by atoms with van der Waals surface area (Å²) in [5.74, 6) is 0. The Labute approximate surface area is 112 Å². The molecule has 1 aromatic heterocycles. The number of nitrogens with one attached hydrogen (secondary N) is 2. The monoisotopic (exact) mass is 255 g/mol. The Morgan fingerprint density at radius 2 is 1.95 bits per heavy atom. The summed E-state index contributed by atoms with van der Waals surface area (Å²) in [4.78, 5) is 15.8. The van der Waals surface area contributed by atoms with Crippen LogP contribution in [0.4, 0.5) is 10.5 Å². The van der Waals surface area contributed by atoms with E-state index in [1.807, 2.05) is 50.2 Å². The van der Waals surface area contributed by atoms with Gasteiger partial charge in [-0.2, -0.15) is 0 Å². The number of urea groups is 1. The fourth-order valence-electron chi connectivity index (χ4n) is 1.82. The summed E-state index contributed by atoms with van der Waals surface area (Å²) in [6.07, 6.45) is 3.43. The number of pyridine rings is 1. The lowest BCUT2D eigenvalue weighted by atomic mass is 10.1. The van der Waals surface area contributed by atoms with Crippen LogP contribution < -0.4 is 10.6 Å². The van der Waals surface area contributed by atoms with Gasteiger partial charge in [0, 0.05) is 18.1 Å². The molecule has 1 aromatic carbocycles. The summed E-state index contributed by atoms with van der Waals surface area (Å²) < 4.78 is 0. The summed E-state index contributed by atoms with van der Waals surface area (Å²) in [6, 6.07) is 11.2. The van der Waals surface area contributed by atoms with Crippen LogP contribution in [0.3, 0.4) is 0 Å². The first-order chi connectivity index (χ1) is 9.15. The average molecular weight is 255 g/mol. The molecule has 0 aliphatic rings. The van der Waals surface area contributed by atoms with Gasteiger partial charge < -0.3 is 10.6 Å². The van der Waals surface area contributed by atoms with E-state index in [-0.39, 0.29) is 12.1 Å². The van der Waals surface area contributed by atoms with Gasteiger partial charge in [0.2, 0.25) is 0 Å². The highest BCUT2D eigenvalue weighted by molar-refractivity contribution is 5.89. The molecule has 0 spiro atoms. The van der Waals surface area contributed by atoms with Crippen molar-refractivity contribution < 1.29 is 4.79 Å². The van der Waals surface area contributed by atoms with Gasteiger partial charge in [0.05, 0.1) is 6.04 Å². The minimum Gasteiger partial charge on any atom is -0.331 e. The van der Waals surface area contributed by atoms with E-state index in [9.17, 15) is 4.79 Å². The average Bonchev–Trinajstić information content (AvgIpc) is 2.39. The maximum atomic E-state index is 11.9. The molecule has 0 unspecified atom stereocenters. The summed E-state index contributed by atoms with van der Waals surface area (Å²) in [6.45, 7) is 3.92. The molecule has 0 radical (unpaired) electrons. The molecular weight excluding hydrogens is 238 g/mol. The maximum Gasteiger partial charge on any atom is 0.319 e. The Morgan fingerprint density at radius 3 is 2.63 bits per heavy atom. The van der Waals surface area contributed by atoms with Crippen LogP contribution in [0.2, 0.25) is 0 Å². The minimum absolute atomic E-state index is 0.0622. The molecule has 0 fully saturated rings. The zero-order valence-corrected chi connectivity index (χ0v) is 11.1. The van der Waals surface area contributed by atoms with Crippen molar-refractivity contribution in [1.82, 2.24) is 10.3 Å². The minimum atomic E-state index is -0.213. The van der Waals surface area contributed by atoms with Crippen molar-refractivity contribution in [3.05, 3.63) is 59.9 Å². The highest BCUT2D eigenvalue weighted by Crippen LogP contribution is 2.12. The lowest BCUT2D eigenvalue weighted by molar-refractivity contribution is 0.249. The van der Waals surface area contributed by atoms with Gasteiger partial charge >= 0.3 is 6.03 Å². The van der Waals surface area contributed by atoms with E-state index >= 15 is 0 Å². The molecule has 4 heteroatoms. The summed E-state index contributed by atoms with van der Waals surface area (Å²) in [5.41, 5.74) is 2.92. The number of carbonyl (C=O) groups excluding carboxylic acids is 1. The maximum absolute atomic E-state index is 11.9. The molecule has 2 rings (SSSR count). The zero-order valence-electron chi connectivity index (χ0n) is 11.1. The third kappa shape index (κ3) is 3.81. The molecule has 98 valence electrons. The largest absolute Gasteiger partial charge is 0.331 e. The number of benzene rings is 1. The highest BCUT2D eigenvalue weighted by Gasteiger charge is 2.09. The summed E-state index contributed by atoms with van der Waals surface area (Å²) in [5, 5.41) is 5.70. The predicted octanol–water partition coefficient (Wildman–Crippen LogP) is 3.27. The Bertz CT molecular complexity index is 554. The van der Waals surface area contributed by atoms with Crippen molar-refractivity contribution in [2.45, 2.75) is 19.9 Å². The molecule has 1 heterocycles. The number of rotatable bonds is 3. The van der Waals surface area contributed by atoms with Gasteiger partial charge in [0.1, 0.15) is 0 Å². The van der Waals surface area contributed by atoms with Gasteiger partial charge in [0.15, 0.2) is 0 Å². The van der Waals surface area contributed by atoms with Crippen LogP contribution in [0.25, 0.3) is 0 Å². The standard InChI is InChI=1S/C15H17N3O/c1-11-4-3-5-14(10-11)18-15(19)17-12(2)13-6-8-16-9-7-13/h3-10,12H,1-2H3,(H2,17,18,19)/t12-/m1/s1. The van der Waals surface area contributed by atoms with Crippen LogP contribution >= 0.6 is 0 Å². The van der Waals surface area contributed by atoms with Crippen molar-refractivity contribution in [3.63, 3.8) is 0 Å². The second-order valence-corrected chi connectivity index (χ2v) is 4.47. The molecular formula is C15H17N3O. The number of anilines is 1. The SMILES string of the molecule is Cc1cccc(NC(=O)N[C@H](C)c2ccncc2)c1. The normalized spacial score (nSPS) is 11.7. The molecule has 2 N–H and O–H groups in total. The smallest absolute Gasteiger partial charge is 0.319 e. The van der Waals surface area contributed by atoms with Gasteiger partial charge in [-0.3, -0.25) is 4.98 Å². The fourth-order valence-corrected chi connectivity index (χ4v) is 1.82. The number of aromatic nitrogens is 1. The van der Waals surface area contributed by atoms with Crippen molar-refractivity contribution >= 4 is 11.7 Å².